The SMILES string of the molecule is CCCNC(=O)C(C)N(Cc1cccc(Cl)c1)C(=O)CN(c1ccc(C)cc1)S(=O)(=O)c1ccc(F)cc1. The Hall–Kier alpha value is -3.43. The summed E-state index contributed by atoms with van der Waals surface area (Å²) >= 11 is 6.14. The molecule has 3 aromatic rings. The molecule has 0 saturated carbocycles. The van der Waals surface area contributed by atoms with E-state index in [1.807, 2.05) is 13.8 Å². The summed E-state index contributed by atoms with van der Waals surface area (Å²) in [7, 11) is -4.25. The summed E-state index contributed by atoms with van der Waals surface area (Å²) in [5, 5.41) is 3.26. The van der Waals surface area contributed by atoms with Crippen molar-refractivity contribution in [2.45, 2.75) is 44.7 Å². The third kappa shape index (κ3) is 7.33. The van der Waals surface area contributed by atoms with Gasteiger partial charge in [0.15, 0.2) is 0 Å². The minimum Gasteiger partial charge on any atom is -0.354 e. The van der Waals surface area contributed by atoms with E-state index in [1.165, 1.54) is 4.90 Å². The van der Waals surface area contributed by atoms with Gasteiger partial charge in [-0.15, -0.1) is 0 Å². The number of halogens is 2. The molecule has 3 aromatic carbocycles. The number of nitrogens with zero attached hydrogens (tertiary/aromatic N) is 2. The molecule has 1 unspecified atom stereocenters. The number of amides is 2. The Bertz CT molecular complexity index is 1370. The van der Waals surface area contributed by atoms with Crippen molar-refractivity contribution in [3.63, 3.8) is 0 Å². The number of nitrogens with one attached hydrogen (secondary N) is 1. The van der Waals surface area contributed by atoms with Gasteiger partial charge in [-0.1, -0.05) is 48.4 Å². The highest BCUT2D eigenvalue weighted by Gasteiger charge is 2.32. The van der Waals surface area contributed by atoms with Crippen LogP contribution in [0.15, 0.2) is 77.7 Å². The van der Waals surface area contributed by atoms with Crippen LogP contribution < -0.4 is 9.62 Å². The minimum absolute atomic E-state index is 0.0401. The third-order valence-corrected chi connectivity index (χ3v) is 7.98. The Balaban J connectivity index is 2.01. The van der Waals surface area contributed by atoms with E-state index in [1.54, 1.807) is 55.5 Å². The zero-order valence-electron chi connectivity index (χ0n) is 21.5. The van der Waals surface area contributed by atoms with Crippen LogP contribution in [-0.4, -0.2) is 44.3 Å². The molecule has 0 saturated heterocycles. The zero-order valence-corrected chi connectivity index (χ0v) is 23.1. The highest BCUT2D eigenvalue weighted by Crippen LogP contribution is 2.25. The van der Waals surface area contributed by atoms with Crippen LogP contribution in [0.25, 0.3) is 0 Å². The summed E-state index contributed by atoms with van der Waals surface area (Å²) in [6.07, 6.45) is 0.720. The molecule has 38 heavy (non-hydrogen) atoms. The summed E-state index contributed by atoms with van der Waals surface area (Å²) in [4.78, 5) is 27.8. The first kappa shape index (κ1) is 29.1. The number of sulfonamides is 1. The number of anilines is 1. The fraction of sp³-hybridized carbons (Fsp3) is 0.286. The van der Waals surface area contributed by atoms with Crippen molar-refractivity contribution in [1.29, 1.82) is 0 Å². The van der Waals surface area contributed by atoms with Crippen LogP contribution in [0.5, 0.6) is 0 Å². The van der Waals surface area contributed by atoms with E-state index in [9.17, 15) is 22.4 Å². The predicted octanol–water partition coefficient (Wildman–Crippen LogP) is 4.93. The number of carbonyl (C=O) groups excluding carboxylic acids is 2. The first-order valence-electron chi connectivity index (χ1n) is 12.2. The monoisotopic (exact) mass is 559 g/mol. The molecular weight excluding hydrogens is 529 g/mol. The van der Waals surface area contributed by atoms with Crippen molar-refractivity contribution in [1.82, 2.24) is 10.2 Å². The molecule has 0 aromatic heterocycles. The molecule has 0 fully saturated rings. The topological polar surface area (TPSA) is 86.8 Å². The number of carbonyl (C=O) groups is 2. The van der Waals surface area contributed by atoms with Crippen molar-refractivity contribution in [3.8, 4) is 0 Å². The van der Waals surface area contributed by atoms with Crippen LogP contribution >= 0.6 is 11.6 Å². The highest BCUT2D eigenvalue weighted by atomic mass is 35.5. The van der Waals surface area contributed by atoms with E-state index in [-0.39, 0.29) is 23.0 Å². The van der Waals surface area contributed by atoms with E-state index < -0.39 is 34.3 Å². The molecular formula is C28H31ClFN3O4S. The van der Waals surface area contributed by atoms with E-state index in [2.05, 4.69) is 5.32 Å². The lowest BCUT2D eigenvalue weighted by atomic mass is 10.1. The molecule has 0 spiro atoms. The minimum atomic E-state index is -4.25. The van der Waals surface area contributed by atoms with Crippen LogP contribution in [0.4, 0.5) is 10.1 Å². The number of hydrogen-bond acceptors (Lipinski definition) is 4. The average molecular weight is 560 g/mol. The Labute approximate surface area is 228 Å². The molecule has 0 bridgehead atoms. The van der Waals surface area contributed by atoms with Gasteiger partial charge in [-0.2, -0.15) is 0 Å². The Morgan fingerprint density at radius 3 is 2.29 bits per heavy atom. The summed E-state index contributed by atoms with van der Waals surface area (Å²) in [6, 6.07) is 17.1. The Morgan fingerprint density at radius 1 is 1.03 bits per heavy atom. The second-order valence-corrected chi connectivity index (χ2v) is 11.2. The lowest BCUT2D eigenvalue weighted by molar-refractivity contribution is -0.139. The van der Waals surface area contributed by atoms with E-state index in [4.69, 9.17) is 11.6 Å². The second kappa shape index (κ2) is 12.9. The Morgan fingerprint density at radius 2 is 1.68 bits per heavy atom. The molecule has 7 nitrogen and oxygen atoms in total. The maximum Gasteiger partial charge on any atom is 0.264 e. The molecule has 1 atom stereocenters. The van der Waals surface area contributed by atoms with Gasteiger partial charge in [-0.3, -0.25) is 13.9 Å². The molecule has 0 aliphatic heterocycles. The van der Waals surface area contributed by atoms with Gasteiger partial charge in [0.2, 0.25) is 11.8 Å². The van der Waals surface area contributed by atoms with Crippen molar-refractivity contribution in [2.24, 2.45) is 0 Å². The van der Waals surface area contributed by atoms with Crippen LogP contribution in [0.1, 0.15) is 31.4 Å². The lowest BCUT2D eigenvalue weighted by Gasteiger charge is -2.32. The molecule has 0 aliphatic carbocycles. The van der Waals surface area contributed by atoms with Gasteiger partial charge in [0.1, 0.15) is 18.4 Å². The quantitative estimate of drug-likeness (QED) is 0.361. The fourth-order valence-electron chi connectivity index (χ4n) is 3.78. The standard InChI is InChI=1S/C28H31ClFN3O4S/c1-4-16-31-28(35)21(3)32(18-22-6-5-7-23(29)17-22)27(34)19-33(25-12-8-20(2)9-13-25)38(36,37)26-14-10-24(30)11-15-26/h5-15,17,21H,4,16,18-19H2,1-3H3,(H,31,35). The highest BCUT2D eigenvalue weighted by molar-refractivity contribution is 7.92. The molecule has 0 aliphatic rings. The summed E-state index contributed by atoms with van der Waals surface area (Å²) in [6.45, 7) is 5.28. The van der Waals surface area contributed by atoms with Gasteiger partial charge in [-0.05, 0) is 74.4 Å². The van der Waals surface area contributed by atoms with Crippen molar-refractivity contribution in [3.05, 3.63) is 94.8 Å². The van der Waals surface area contributed by atoms with Gasteiger partial charge in [-0.25, -0.2) is 12.8 Å². The predicted molar refractivity (Wildman–Crippen MR) is 147 cm³/mol. The zero-order chi connectivity index (χ0) is 27.9. The van der Waals surface area contributed by atoms with Gasteiger partial charge < -0.3 is 10.2 Å². The first-order valence-corrected chi connectivity index (χ1v) is 14.0. The third-order valence-electron chi connectivity index (χ3n) is 5.96. The van der Waals surface area contributed by atoms with Gasteiger partial charge in [0, 0.05) is 18.1 Å². The summed E-state index contributed by atoms with van der Waals surface area (Å²) < 4.78 is 41.8. The van der Waals surface area contributed by atoms with E-state index in [0.717, 1.165) is 40.6 Å². The number of hydrogen-bond donors (Lipinski definition) is 1. The van der Waals surface area contributed by atoms with Crippen LogP contribution in [0.2, 0.25) is 5.02 Å². The fourth-order valence-corrected chi connectivity index (χ4v) is 5.41. The molecule has 3 rings (SSSR count). The number of aryl methyl sites for hydroxylation is 1. The molecule has 10 heteroatoms. The van der Waals surface area contributed by atoms with Gasteiger partial charge in [0.05, 0.1) is 10.6 Å². The summed E-state index contributed by atoms with van der Waals surface area (Å²) in [5.41, 5.74) is 1.85. The van der Waals surface area contributed by atoms with E-state index >= 15 is 0 Å². The van der Waals surface area contributed by atoms with Crippen molar-refractivity contribution < 1.29 is 22.4 Å². The summed E-state index contributed by atoms with van der Waals surface area (Å²) in [5.74, 6) is -1.53. The lowest BCUT2D eigenvalue weighted by Crippen LogP contribution is -2.51. The van der Waals surface area contributed by atoms with Crippen LogP contribution in [-0.2, 0) is 26.2 Å². The van der Waals surface area contributed by atoms with E-state index in [0.29, 0.717) is 17.1 Å². The first-order chi connectivity index (χ1) is 18.0. The van der Waals surface area contributed by atoms with Crippen LogP contribution in [0, 0.1) is 12.7 Å². The maximum atomic E-state index is 13.8. The maximum absolute atomic E-state index is 13.8. The van der Waals surface area contributed by atoms with Gasteiger partial charge in [0.25, 0.3) is 10.0 Å². The number of rotatable bonds is 11. The number of benzene rings is 3. The van der Waals surface area contributed by atoms with Gasteiger partial charge >= 0.3 is 0 Å². The van der Waals surface area contributed by atoms with Crippen molar-refractivity contribution >= 4 is 39.1 Å². The normalized spacial score (nSPS) is 12.0. The smallest absolute Gasteiger partial charge is 0.264 e. The Kier molecular flexibility index (Phi) is 9.88. The average Bonchev–Trinajstić information content (AvgIpc) is 2.89. The largest absolute Gasteiger partial charge is 0.354 e. The molecule has 1 N–H and O–H groups in total. The van der Waals surface area contributed by atoms with Crippen molar-refractivity contribution in [2.75, 3.05) is 17.4 Å². The molecule has 2 amide bonds. The van der Waals surface area contributed by atoms with Crippen LogP contribution in [0.3, 0.4) is 0 Å². The molecule has 202 valence electrons. The second-order valence-electron chi connectivity index (χ2n) is 8.92. The molecule has 0 radical (unpaired) electrons. The molecule has 0 heterocycles.